The highest BCUT2D eigenvalue weighted by Gasteiger charge is 2.31. The van der Waals surface area contributed by atoms with Crippen molar-refractivity contribution < 1.29 is 0 Å². The molecule has 0 amide bonds. The number of anilines is 6. The number of fused-ring (bicyclic) bond motifs is 6. The third-order valence-corrected chi connectivity index (χ3v) is 10.2. The van der Waals surface area contributed by atoms with Gasteiger partial charge >= 0.3 is 0 Å². The van der Waals surface area contributed by atoms with Crippen LogP contribution in [0.15, 0.2) is 194 Å². The number of hydrogen-bond donors (Lipinski definition) is 1. The van der Waals surface area contributed by atoms with Gasteiger partial charge in [-0.05, 0) is 83.1 Å². The quantitative estimate of drug-likeness (QED) is 0.179. The average Bonchev–Trinajstić information content (AvgIpc) is 3.61. The van der Waals surface area contributed by atoms with Gasteiger partial charge in [-0.3, -0.25) is 0 Å². The lowest BCUT2D eigenvalue weighted by molar-refractivity contribution is 0.830. The Hall–Kier alpha value is -6.91. The molecule has 0 saturated heterocycles. The first-order chi connectivity index (χ1) is 25.8. The van der Waals surface area contributed by atoms with Crippen LogP contribution in [-0.4, -0.2) is 4.98 Å². The number of aromatic nitrogens is 1. The minimum atomic E-state index is -0.0712. The summed E-state index contributed by atoms with van der Waals surface area (Å²) >= 11 is 0. The molecule has 1 aromatic heterocycles. The number of nitrogens with one attached hydrogen (secondary N) is 1. The predicted octanol–water partition coefficient (Wildman–Crippen LogP) is 12.9. The van der Waals surface area contributed by atoms with E-state index in [1.54, 1.807) is 0 Å². The van der Waals surface area contributed by atoms with Gasteiger partial charge in [-0.25, -0.2) is 4.98 Å². The summed E-state index contributed by atoms with van der Waals surface area (Å²) in [7, 11) is 0. The molecular formula is C48H34N4. The van der Waals surface area contributed by atoms with E-state index in [2.05, 4.69) is 209 Å². The summed E-state index contributed by atoms with van der Waals surface area (Å²) in [6.07, 6.45) is -0.0712. The fraction of sp³-hybridized carbons (Fsp3) is 0.0208. The molecule has 0 radical (unpaired) electrons. The highest BCUT2D eigenvalue weighted by Crippen LogP contribution is 2.47. The van der Waals surface area contributed by atoms with Crippen molar-refractivity contribution in [3.8, 4) is 11.3 Å². The van der Waals surface area contributed by atoms with Crippen molar-refractivity contribution in [3.05, 3.63) is 200 Å². The first-order valence-electron chi connectivity index (χ1n) is 17.8. The van der Waals surface area contributed by atoms with Crippen molar-refractivity contribution in [1.29, 1.82) is 0 Å². The van der Waals surface area contributed by atoms with Gasteiger partial charge in [0.2, 0.25) is 0 Å². The second-order valence-electron chi connectivity index (χ2n) is 13.3. The van der Waals surface area contributed by atoms with Crippen molar-refractivity contribution in [2.75, 3.05) is 15.1 Å². The van der Waals surface area contributed by atoms with Crippen LogP contribution in [0.2, 0.25) is 0 Å². The summed E-state index contributed by atoms with van der Waals surface area (Å²) in [4.78, 5) is 10.2. The van der Waals surface area contributed by atoms with Crippen LogP contribution in [0.25, 0.3) is 43.7 Å². The second-order valence-corrected chi connectivity index (χ2v) is 13.3. The van der Waals surface area contributed by atoms with Gasteiger partial charge in [-0.15, -0.1) is 0 Å². The van der Waals surface area contributed by atoms with Crippen LogP contribution in [0.4, 0.5) is 34.1 Å². The molecule has 0 aliphatic carbocycles. The van der Waals surface area contributed by atoms with Gasteiger partial charge < -0.3 is 15.1 Å². The van der Waals surface area contributed by atoms with E-state index in [1.165, 1.54) is 27.4 Å². The van der Waals surface area contributed by atoms with Crippen LogP contribution in [0.3, 0.4) is 0 Å². The number of rotatable bonds is 6. The fourth-order valence-electron chi connectivity index (χ4n) is 7.82. The van der Waals surface area contributed by atoms with E-state index in [-0.39, 0.29) is 6.17 Å². The first-order valence-corrected chi connectivity index (χ1v) is 17.8. The molecule has 2 heterocycles. The van der Waals surface area contributed by atoms with Gasteiger partial charge in [-0.2, -0.15) is 0 Å². The summed E-state index contributed by atoms with van der Waals surface area (Å²) in [6.45, 7) is 0. The lowest BCUT2D eigenvalue weighted by Crippen LogP contribution is -2.23. The number of hydrogen-bond acceptors (Lipinski definition) is 4. The van der Waals surface area contributed by atoms with E-state index in [9.17, 15) is 0 Å². The van der Waals surface area contributed by atoms with E-state index < -0.39 is 0 Å². The lowest BCUT2D eigenvalue weighted by Gasteiger charge is -2.28. The van der Waals surface area contributed by atoms with Crippen LogP contribution in [0.1, 0.15) is 11.7 Å². The topological polar surface area (TPSA) is 31.4 Å². The molecule has 1 aliphatic rings. The fourth-order valence-corrected chi connectivity index (χ4v) is 7.82. The number of pyridine rings is 1. The van der Waals surface area contributed by atoms with E-state index in [1.807, 2.05) is 0 Å². The third-order valence-electron chi connectivity index (χ3n) is 10.2. The zero-order chi connectivity index (χ0) is 34.4. The van der Waals surface area contributed by atoms with Crippen LogP contribution < -0.4 is 15.1 Å². The van der Waals surface area contributed by atoms with Gasteiger partial charge in [0.15, 0.2) is 0 Å². The van der Waals surface area contributed by atoms with Crippen LogP contribution in [-0.2, 0) is 0 Å². The van der Waals surface area contributed by atoms with E-state index in [0.717, 1.165) is 56.0 Å². The molecule has 10 rings (SSSR count). The molecule has 1 unspecified atom stereocenters. The molecule has 1 atom stereocenters. The van der Waals surface area contributed by atoms with Crippen LogP contribution >= 0.6 is 0 Å². The highest BCUT2D eigenvalue weighted by atomic mass is 15.3. The monoisotopic (exact) mass is 666 g/mol. The Bertz CT molecular complexity index is 2670. The maximum absolute atomic E-state index is 5.44. The normalized spacial score (nSPS) is 13.7. The zero-order valence-corrected chi connectivity index (χ0v) is 28.4. The Morgan fingerprint density at radius 3 is 1.85 bits per heavy atom. The van der Waals surface area contributed by atoms with Gasteiger partial charge in [0.1, 0.15) is 6.17 Å². The standard InChI is InChI=1S/C48H34N4/c1-5-15-34(16-6-1)47-41-29-27-33-25-26-35(48-50-43-23-13-14-24-45(43)52(48)38-21-11-4-12-22-38)31-42(33)46(41)40-30-28-39(32-44(40)49-47)51(36-17-7-2-8-18-36)37-19-9-3-10-20-37/h1-32,48,50H. The predicted molar refractivity (Wildman–Crippen MR) is 218 cm³/mol. The maximum Gasteiger partial charge on any atom is 0.130 e. The molecule has 52 heavy (non-hydrogen) atoms. The summed E-state index contributed by atoms with van der Waals surface area (Å²) in [6, 6.07) is 69.1. The SMILES string of the molecule is c1ccc(-c2nc3cc(N(c4ccccc4)c4ccccc4)ccc3c3c2ccc2ccc(C4Nc5ccccc5N4c4ccccc4)cc23)cc1. The van der Waals surface area contributed by atoms with Crippen LogP contribution in [0, 0.1) is 0 Å². The van der Waals surface area contributed by atoms with Crippen LogP contribution in [0.5, 0.6) is 0 Å². The van der Waals surface area contributed by atoms with Crippen molar-refractivity contribution in [1.82, 2.24) is 4.98 Å². The molecule has 0 fully saturated rings. The van der Waals surface area contributed by atoms with E-state index in [0.29, 0.717) is 0 Å². The lowest BCUT2D eigenvalue weighted by atomic mass is 9.93. The minimum Gasteiger partial charge on any atom is -0.359 e. The molecule has 1 N–H and O–H groups in total. The molecule has 0 spiro atoms. The summed E-state index contributed by atoms with van der Waals surface area (Å²) in [5.41, 5.74) is 10.9. The molecule has 8 aromatic carbocycles. The Labute approximate surface area is 302 Å². The molecule has 246 valence electrons. The zero-order valence-electron chi connectivity index (χ0n) is 28.4. The summed E-state index contributed by atoms with van der Waals surface area (Å²) < 4.78 is 0. The van der Waals surface area contributed by atoms with Gasteiger partial charge in [-0.1, -0.05) is 127 Å². The minimum absolute atomic E-state index is 0.0712. The summed E-state index contributed by atoms with van der Waals surface area (Å²) in [5.74, 6) is 0. The Balaban J connectivity index is 1.21. The van der Waals surface area contributed by atoms with Gasteiger partial charge in [0.05, 0.1) is 22.6 Å². The largest absolute Gasteiger partial charge is 0.359 e. The Morgan fingerprint density at radius 2 is 1.12 bits per heavy atom. The molecule has 0 bridgehead atoms. The van der Waals surface area contributed by atoms with Gasteiger partial charge in [0.25, 0.3) is 0 Å². The maximum atomic E-state index is 5.44. The molecule has 9 aromatic rings. The molecule has 0 saturated carbocycles. The smallest absolute Gasteiger partial charge is 0.130 e. The van der Waals surface area contributed by atoms with E-state index in [4.69, 9.17) is 4.98 Å². The third kappa shape index (κ3) is 5.04. The van der Waals surface area contributed by atoms with Crippen molar-refractivity contribution >= 4 is 66.6 Å². The Kier molecular flexibility index (Phi) is 7.17. The molecule has 4 heteroatoms. The van der Waals surface area contributed by atoms with Crippen molar-refractivity contribution in [2.24, 2.45) is 0 Å². The number of para-hydroxylation sites is 5. The molecule has 4 nitrogen and oxygen atoms in total. The van der Waals surface area contributed by atoms with Gasteiger partial charge in [0, 0.05) is 44.5 Å². The number of benzene rings is 8. The first kappa shape index (κ1) is 30.0. The highest BCUT2D eigenvalue weighted by molar-refractivity contribution is 6.22. The van der Waals surface area contributed by atoms with Crippen molar-refractivity contribution in [3.63, 3.8) is 0 Å². The number of nitrogens with zero attached hydrogens (tertiary/aromatic N) is 3. The Morgan fingerprint density at radius 1 is 0.500 bits per heavy atom. The molecular weight excluding hydrogens is 633 g/mol. The molecule has 1 aliphatic heterocycles. The average molecular weight is 667 g/mol. The van der Waals surface area contributed by atoms with Crippen molar-refractivity contribution in [2.45, 2.75) is 6.17 Å². The second kappa shape index (κ2) is 12.4. The summed E-state index contributed by atoms with van der Waals surface area (Å²) in [5, 5.41) is 9.73. The van der Waals surface area contributed by atoms with E-state index >= 15 is 0 Å².